The number of rotatable bonds is 6. The summed E-state index contributed by atoms with van der Waals surface area (Å²) in [4.78, 5) is 2.43. The number of ether oxygens (including phenoxy) is 2. The van der Waals surface area contributed by atoms with E-state index in [4.69, 9.17) is 15.2 Å². The first-order chi connectivity index (χ1) is 6.86. The number of nitrogens with two attached hydrogens (primary N) is 1. The van der Waals surface area contributed by atoms with E-state index < -0.39 is 0 Å². The minimum atomic E-state index is 0.242. The van der Waals surface area contributed by atoms with Gasteiger partial charge in [-0.2, -0.15) is 0 Å². The van der Waals surface area contributed by atoms with Crippen molar-refractivity contribution < 1.29 is 9.47 Å². The molecule has 0 aliphatic carbocycles. The second kappa shape index (κ2) is 7.17. The first-order valence-corrected chi connectivity index (χ1v) is 5.39. The highest BCUT2D eigenvalue weighted by molar-refractivity contribution is 4.71. The normalized spacial score (nSPS) is 24.0. The molecule has 1 rings (SSSR count). The van der Waals surface area contributed by atoms with Crippen LogP contribution in [0.2, 0.25) is 0 Å². The standard InChI is InChI=1S/C10H22N2O2/c1-13-6-3-2-4-12-5-7-14-10(8-11)9-12/h10H,2-9,11H2,1H3. The third-order valence-electron chi connectivity index (χ3n) is 2.56. The maximum Gasteiger partial charge on any atom is 0.0824 e. The monoisotopic (exact) mass is 202 g/mol. The Hall–Kier alpha value is -0.160. The molecule has 14 heavy (non-hydrogen) atoms. The molecule has 1 saturated heterocycles. The van der Waals surface area contributed by atoms with Crippen LogP contribution >= 0.6 is 0 Å². The zero-order valence-corrected chi connectivity index (χ0v) is 9.08. The summed E-state index contributed by atoms with van der Waals surface area (Å²) in [6, 6.07) is 0. The number of morpholine rings is 1. The van der Waals surface area contributed by atoms with Crippen LogP contribution in [-0.2, 0) is 9.47 Å². The number of hydrogen-bond donors (Lipinski definition) is 1. The van der Waals surface area contributed by atoms with Gasteiger partial charge in [0.1, 0.15) is 0 Å². The maximum atomic E-state index is 5.57. The summed E-state index contributed by atoms with van der Waals surface area (Å²) in [7, 11) is 1.75. The predicted molar refractivity (Wildman–Crippen MR) is 56.3 cm³/mol. The van der Waals surface area contributed by atoms with Crippen LogP contribution in [0.4, 0.5) is 0 Å². The van der Waals surface area contributed by atoms with Crippen LogP contribution in [0.1, 0.15) is 12.8 Å². The van der Waals surface area contributed by atoms with E-state index in [1.165, 1.54) is 6.42 Å². The van der Waals surface area contributed by atoms with Crippen LogP contribution < -0.4 is 5.73 Å². The lowest BCUT2D eigenvalue weighted by Gasteiger charge is -2.32. The lowest BCUT2D eigenvalue weighted by Crippen LogP contribution is -2.45. The van der Waals surface area contributed by atoms with E-state index in [1.54, 1.807) is 7.11 Å². The molecule has 1 atom stereocenters. The minimum absolute atomic E-state index is 0.242. The summed E-state index contributed by atoms with van der Waals surface area (Å²) in [6.07, 6.45) is 2.58. The van der Waals surface area contributed by atoms with Gasteiger partial charge >= 0.3 is 0 Å². The fraction of sp³-hybridized carbons (Fsp3) is 1.00. The lowest BCUT2D eigenvalue weighted by molar-refractivity contribution is -0.0238. The van der Waals surface area contributed by atoms with Gasteiger partial charge in [0, 0.05) is 33.4 Å². The lowest BCUT2D eigenvalue weighted by atomic mass is 10.2. The van der Waals surface area contributed by atoms with Gasteiger partial charge in [0.25, 0.3) is 0 Å². The molecule has 0 saturated carbocycles. The zero-order chi connectivity index (χ0) is 10.2. The summed E-state index contributed by atoms with van der Waals surface area (Å²) in [5.41, 5.74) is 5.57. The summed E-state index contributed by atoms with van der Waals surface area (Å²) < 4.78 is 10.5. The van der Waals surface area contributed by atoms with Gasteiger partial charge in [0.2, 0.25) is 0 Å². The Morgan fingerprint density at radius 1 is 1.50 bits per heavy atom. The average Bonchev–Trinajstić information content (AvgIpc) is 2.25. The van der Waals surface area contributed by atoms with E-state index in [0.29, 0.717) is 6.54 Å². The number of unbranched alkanes of at least 4 members (excludes halogenated alkanes) is 1. The van der Waals surface area contributed by atoms with Gasteiger partial charge in [-0.3, -0.25) is 4.90 Å². The molecular weight excluding hydrogens is 180 g/mol. The van der Waals surface area contributed by atoms with E-state index in [0.717, 1.165) is 39.3 Å². The highest BCUT2D eigenvalue weighted by Gasteiger charge is 2.18. The van der Waals surface area contributed by atoms with Crippen LogP contribution in [0, 0.1) is 0 Å². The molecule has 0 spiro atoms. The van der Waals surface area contributed by atoms with Crippen LogP contribution in [0.5, 0.6) is 0 Å². The fourth-order valence-corrected chi connectivity index (χ4v) is 1.71. The summed E-state index contributed by atoms with van der Waals surface area (Å²) >= 11 is 0. The Balaban J connectivity index is 2.05. The fourth-order valence-electron chi connectivity index (χ4n) is 1.71. The van der Waals surface area contributed by atoms with Gasteiger partial charge in [-0.05, 0) is 19.4 Å². The largest absolute Gasteiger partial charge is 0.385 e. The van der Waals surface area contributed by atoms with Crippen molar-refractivity contribution in [2.45, 2.75) is 18.9 Å². The second-order valence-electron chi connectivity index (χ2n) is 3.73. The van der Waals surface area contributed by atoms with E-state index in [2.05, 4.69) is 4.90 Å². The van der Waals surface area contributed by atoms with Crippen LogP contribution in [0.25, 0.3) is 0 Å². The van der Waals surface area contributed by atoms with E-state index >= 15 is 0 Å². The molecular formula is C10H22N2O2. The molecule has 0 aromatic heterocycles. The molecule has 1 heterocycles. The van der Waals surface area contributed by atoms with Gasteiger partial charge in [-0.25, -0.2) is 0 Å². The Morgan fingerprint density at radius 3 is 3.07 bits per heavy atom. The molecule has 0 amide bonds. The van der Waals surface area contributed by atoms with Crippen molar-refractivity contribution in [3.05, 3.63) is 0 Å². The quantitative estimate of drug-likeness (QED) is 0.619. The van der Waals surface area contributed by atoms with Gasteiger partial charge in [-0.15, -0.1) is 0 Å². The number of nitrogens with zero attached hydrogens (tertiary/aromatic N) is 1. The van der Waals surface area contributed by atoms with Gasteiger partial charge < -0.3 is 15.2 Å². The van der Waals surface area contributed by atoms with Crippen LogP contribution in [-0.4, -0.2) is 57.5 Å². The SMILES string of the molecule is COCCCCN1CCOC(CN)C1. The Labute approximate surface area is 86.3 Å². The first-order valence-electron chi connectivity index (χ1n) is 5.39. The third-order valence-corrected chi connectivity index (χ3v) is 2.56. The molecule has 0 bridgehead atoms. The van der Waals surface area contributed by atoms with Crippen molar-refractivity contribution in [2.24, 2.45) is 5.73 Å². The van der Waals surface area contributed by atoms with Crippen LogP contribution in [0.3, 0.4) is 0 Å². The Bertz CT molecular complexity index is 144. The Kier molecular flexibility index (Phi) is 6.10. The van der Waals surface area contributed by atoms with E-state index in [-0.39, 0.29) is 6.10 Å². The van der Waals surface area contributed by atoms with Crippen molar-refractivity contribution in [3.63, 3.8) is 0 Å². The topological polar surface area (TPSA) is 47.7 Å². The average molecular weight is 202 g/mol. The molecule has 4 heteroatoms. The van der Waals surface area contributed by atoms with Crippen molar-refractivity contribution >= 4 is 0 Å². The molecule has 0 aromatic rings. The van der Waals surface area contributed by atoms with Gasteiger partial charge in [0.05, 0.1) is 12.7 Å². The molecule has 2 N–H and O–H groups in total. The van der Waals surface area contributed by atoms with Crippen molar-refractivity contribution in [3.8, 4) is 0 Å². The van der Waals surface area contributed by atoms with Crippen molar-refractivity contribution in [1.82, 2.24) is 4.90 Å². The predicted octanol–water partition coefficient (Wildman–Crippen LogP) is 0.0725. The van der Waals surface area contributed by atoms with Crippen LogP contribution in [0.15, 0.2) is 0 Å². The Morgan fingerprint density at radius 2 is 2.36 bits per heavy atom. The maximum absolute atomic E-state index is 5.57. The summed E-state index contributed by atoms with van der Waals surface area (Å²) in [5, 5.41) is 0. The molecule has 1 unspecified atom stereocenters. The molecule has 0 aromatic carbocycles. The third kappa shape index (κ3) is 4.37. The molecule has 1 aliphatic rings. The highest BCUT2D eigenvalue weighted by Crippen LogP contribution is 2.05. The number of hydrogen-bond acceptors (Lipinski definition) is 4. The highest BCUT2D eigenvalue weighted by atomic mass is 16.5. The molecule has 4 nitrogen and oxygen atoms in total. The minimum Gasteiger partial charge on any atom is -0.385 e. The van der Waals surface area contributed by atoms with Crippen molar-refractivity contribution in [1.29, 1.82) is 0 Å². The van der Waals surface area contributed by atoms with E-state index in [9.17, 15) is 0 Å². The van der Waals surface area contributed by atoms with Gasteiger partial charge in [-0.1, -0.05) is 0 Å². The van der Waals surface area contributed by atoms with Gasteiger partial charge in [0.15, 0.2) is 0 Å². The molecule has 1 fully saturated rings. The summed E-state index contributed by atoms with van der Waals surface area (Å²) in [5.74, 6) is 0. The molecule has 0 radical (unpaired) electrons. The number of methoxy groups -OCH3 is 1. The smallest absolute Gasteiger partial charge is 0.0824 e. The molecule has 84 valence electrons. The molecule has 1 aliphatic heterocycles. The van der Waals surface area contributed by atoms with E-state index in [1.807, 2.05) is 0 Å². The second-order valence-corrected chi connectivity index (χ2v) is 3.73. The zero-order valence-electron chi connectivity index (χ0n) is 9.08. The summed E-state index contributed by atoms with van der Waals surface area (Å²) in [6.45, 7) is 5.50. The van der Waals surface area contributed by atoms with Crippen molar-refractivity contribution in [2.75, 3.05) is 46.5 Å². The first kappa shape index (κ1) is 11.9.